The molecule has 0 bridgehead atoms. The van der Waals surface area contributed by atoms with Gasteiger partial charge in [0.25, 0.3) is 5.69 Å². The zero-order chi connectivity index (χ0) is 15.2. The van der Waals surface area contributed by atoms with Crippen LogP contribution in [0.5, 0.6) is 0 Å². The lowest BCUT2D eigenvalue weighted by atomic mass is 10.1. The van der Waals surface area contributed by atoms with Gasteiger partial charge in [-0.25, -0.2) is 4.39 Å². The second-order valence-electron chi connectivity index (χ2n) is 4.48. The molecule has 6 heteroatoms. The van der Waals surface area contributed by atoms with Crippen LogP contribution in [0.1, 0.15) is 11.1 Å². The predicted octanol–water partition coefficient (Wildman–Crippen LogP) is 3.49. The molecular weight excluding hydrogens is 275 g/mol. The number of non-ortho nitro benzene ring substituents is 1. The average molecular weight is 290 g/mol. The maximum atomic E-state index is 13.7. The van der Waals surface area contributed by atoms with E-state index in [1.807, 2.05) is 24.3 Å². The van der Waals surface area contributed by atoms with Crippen LogP contribution in [0.2, 0.25) is 0 Å². The first-order chi connectivity index (χ1) is 10.1. The van der Waals surface area contributed by atoms with Gasteiger partial charge in [0.1, 0.15) is 5.82 Å². The third-order valence-electron chi connectivity index (χ3n) is 3.05. The standard InChI is InChI=1S/C15H15FN2O3/c1-21-10-12-5-3-2-4-11(12)9-17-15-8-13(18(19)20)6-7-14(15)16/h2-8,17H,9-10H2,1H3. The van der Waals surface area contributed by atoms with Crippen molar-refractivity contribution in [1.82, 2.24) is 0 Å². The van der Waals surface area contributed by atoms with E-state index in [4.69, 9.17) is 4.74 Å². The highest BCUT2D eigenvalue weighted by Gasteiger charge is 2.11. The van der Waals surface area contributed by atoms with Crippen molar-refractivity contribution >= 4 is 11.4 Å². The minimum absolute atomic E-state index is 0.108. The van der Waals surface area contributed by atoms with Crippen LogP contribution in [0.15, 0.2) is 42.5 Å². The summed E-state index contributed by atoms with van der Waals surface area (Å²) in [6, 6.07) is 11.0. The highest BCUT2D eigenvalue weighted by atomic mass is 19.1. The molecule has 0 fully saturated rings. The number of benzene rings is 2. The lowest BCUT2D eigenvalue weighted by molar-refractivity contribution is -0.384. The fourth-order valence-electron chi connectivity index (χ4n) is 1.98. The Morgan fingerprint density at radius 2 is 1.95 bits per heavy atom. The molecule has 0 atom stereocenters. The van der Waals surface area contributed by atoms with Gasteiger partial charge in [0.15, 0.2) is 0 Å². The van der Waals surface area contributed by atoms with Gasteiger partial charge in [-0.05, 0) is 17.2 Å². The Bertz CT molecular complexity index is 647. The van der Waals surface area contributed by atoms with Crippen LogP contribution >= 0.6 is 0 Å². The van der Waals surface area contributed by atoms with E-state index in [1.165, 1.54) is 6.07 Å². The first-order valence-electron chi connectivity index (χ1n) is 6.35. The number of rotatable bonds is 6. The van der Waals surface area contributed by atoms with Crippen molar-refractivity contribution in [2.75, 3.05) is 12.4 Å². The minimum atomic E-state index is -0.552. The molecule has 2 rings (SSSR count). The van der Waals surface area contributed by atoms with Crippen LogP contribution in [0.4, 0.5) is 15.8 Å². The Labute approximate surface area is 121 Å². The molecule has 0 aliphatic carbocycles. The first-order valence-corrected chi connectivity index (χ1v) is 6.35. The number of methoxy groups -OCH3 is 1. The molecule has 110 valence electrons. The molecule has 0 radical (unpaired) electrons. The third kappa shape index (κ3) is 3.76. The quantitative estimate of drug-likeness (QED) is 0.653. The maximum Gasteiger partial charge on any atom is 0.271 e. The fourth-order valence-corrected chi connectivity index (χ4v) is 1.98. The van der Waals surface area contributed by atoms with E-state index in [9.17, 15) is 14.5 Å². The highest BCUT2D eigenvalue weighted by Crippen LogP contribution is 2.22. The Kier molecular flexibility index (Phi) is 4.84. The second-order valence-corrected chi connectivity index (χ2v) is 4.48. The molecule has 0 amide bonds. The molecule has 0 aromatic heterocycles. The van der Waals surface area contributed by atoms with E-state index < -0.39 is 10.7 Å². The molecule has 2 aromatic carbocycles. The summed E-state index contributed by atoms with van der Waals surface area (Å²) in [4.78, 5) is 10.2. The Balaban J connectivity index is 2.16. The number of ether oxygens (including phenoxy) is 1. The van der Waals surface area contributed by atoms with Gasteiger partial charge >= 0.3 is 0 Å². The van der Waals surface area contributed by atoms with Gasteiger partial charge in [0, 0.05) is 25.8 Å². The van der Waals surface area contributed by atoms with Crippen LogP contribution in [0.25, 0.3) is 0 Å². The smallest absolute Gasteiger partial charge is 0.271 e. The molecule has 0 aliphatic heterocycles. The van der Waals surface area contributed by atoms with Gasteiger partial charge < -0.3 is 10.1 Å². The number of nitro groups is 1. The lowest BCUT2D eigenvalue weighted by Crippen LogP contribution is -2.05. The summed E-state index contributed by atoms with van der Waals surface area (Å²) in [6.45, 7) is 0.812. The zero-order valence-electron chi connectivity index (χ0n) is 11.5. The van der Waals surface area contributed by atoms with Gasteiger partial charge in [0.2, 0.25) is 0 Å². The topological polar surface area (TPSA) is 64.4 Å². The van der Waals surface area contributed by atoms with Gasteiger partial charge in [-0.15, -0.1) is 0 Å². The van der Waals surface area contributed by atoms with E-state index >= 15 is 0 Å². The fraction of sp³-hybridized carbons (Fsp3) is 0.200. The Hall–Kier alpha value is -2.47. The third-order valence-corrected chi connectivity index (χ3v) is 3.05. The molecule has 0 spiro atoms. The SMILES string of the molecule is COCc1ccccc1CNc1cc([N+](=O)[O-])ccc1F. The molecule has 5 nitrogen and oxygen atoms in total. The van der Waals surface area contributed by atoms with Crippen molar-refractivity contribution in [3.8, 4) is 0 Å². The van der Waals surface area contributed by atoms with E-state index in [-0.39, 0.29) is 11.4 Å². The molecule has 0 saturated heterocycles. The molecule has 1 N–H and O–H groups in total. The van der Waals surface area contributed by atoms with Crippen molar-refractivity contribution in [2.45, 2.75) is 13.2 Å². The van der Waals surface area contributed by atoms with Crippen LogP contribution in [-0.4, -0.2) is 12.0 Å². The van der Waals surface area contributed by atoms with Crippen LogP contribution < -0.4 is 5.32 Å². The second kappa shape index (κ2) is 6.81. The van der Waals surface area contributed by atoms with Gasteiger partial charge in [0.05, 0.1) is 17.2 Å². The monoisotopic (exact) mass is 290 g/mol. The summed E-state index contributed by atoms with van der Waals surface area (Å²) in [5, 5.41) is 13.6. The molecular formula is C15H15FN2O3. The maximum absolute atomic E-state index is 13.7. The number of nitrogens with zero attached hydrogens (tertiary/aromatic N) is 1. The van der Waals surface area contributed by atoms with Crippen molar-refractivity contribution in [1.29, 1.82) is 0 Å². The van der Waals surface area contributed by atoms with Crippen LogP contribution in [0.3, 0.4) is 0 Å². The van der Waals surface area contributed by atoms with Gasteiger partial charge in [-0.2, -0.15) is 0 Å². The summed E-state index contributed by atoms with van der Waals surface area (Å²) in [6.07, 6.45) is 0. The summed E-state index contributed by atoms with van der Waals surface area (Å²) in [7, 11) is 1.60. The van der Waals surface area contributed by atoms with Gasteiger partial charge in [-0.3, -0.25) is 10.1 Å². The van der Waals surface area contributed by atoms with Crippen molar-refractivity contribution in [2.24, 2.45) is 0 Å². The van der Waals surface area contributed by atoms with E-state index in [0.29, 0.717) is 13.2 Å². The average Bonchev–Trinajstić information content (AvgIpc) is 2.48. The van der Waals surface area contributed by atoms with E-state index in [1.54, 1.807) is 7.11 Å². The summed E-state index contributed by atoms with van der Waals surface area (Å²) >= 11 is 0. The van der Waals surface area contributed by atoms with Crippen LogP contribution in [-0.2, 0) is 17.9 Å². The summed E-state index contributed by atoms with van der Waals surface area (Å²) in [5.41, 5.74) is 1.89. The highest BCUT2D eigenvalue weighted by molar-refractivity contribution is 5.52. The molecule has 2 aromatic rings. The van der Waals surface area contributed by atoms with Crippen molar-refractivity contribution in [3.05, 3.63) is 69.5 Å². The first kappa shape index (κ1) is 14.9. The predicted molar refractivity (Wildman–Crippen MR) is 77.5 cm³/mol. The molecule has 0 aliphatic rings. The number of hydrogen-bond acceptors (Lipinski definition) is 4. The molecule has 0 heterocycles. The molecule has 0 unspecified atom stereocenters. The molecule has 0 saturated carbocycles. The Morgan fingerprint density at radius 3 is 2.62 bits per heavy atom. The lowest BCUT2D eigenvalue weighted by Gasteiger charge is -2.11. The number of halogens is 1. The summed E-state index contributed by atoms with van der Waals surface area (Å²) < 4.78 is 18.8. The number of hydrogen-bond donors (Lipinski definition) is 1. The normalized spacial score (nSPS) is 10.4. The Morgan fingerprint density at radius 1 is 1.24 bits per heavy atom. The minimum Gasteiger partial charge on any atom is -0.380 e. The van der Waals surface area contributed by atoms with Gasteiger partial charge in [-0.1, -0.05) is 24.3 Å². The van der Waals surface area contributed by atoms with Crippen molar-refractivity contribution in [3.63, 3.8) is 0 Å². The largest absolute Gasteiger partial charge is 0.380 e. The van der Waals surface area contributed by atoms with Crippen LogP contribution in [0, 0.1) is 15.9 Å². The zero-order valence-corrected chi connectivity index (χ0v) is 11.5. The number of nitrogens with one attached hydrogen (secondary N) is 1. The molecule has 21 heavy (non-hydrogen) atoms. The summed E-state index contributed by atoms with van der Waals surface area (Å²) in [5.74, 6) is -0.523. The van der Waals surface area contributed by atoms with E-state index in [2.05, 4.69) is 5.32 Å². The van der Waals surface area contributed by atoms with Crippen molar-refractivity contribution < 1.29 is 14.1 Å². The number of anilines is 1. The van der Waals surface area contributed by atoms with E-state index in [0.717, 1.165) is 23.3 Å². The number of nitro benzene ring substituents is 1.